The Kier molecular flexibility index (Phi) is 7.16. The zero-order valence-corrected chi connectivity index (χ0v) is 17.2. The lowest BCUT2D eigenvalue weighted by atomic mass is 10.1. The van der Waals surface area contributed by atoms with Gasteiger partial charge in [-0.3, -0.25) is 14.9 Å². The van der Waals surface area contributed by atoms with Crippen LogP contribution in [0.2, 0.25) is 5.02 Å². The molecule has 160 valence electrons. The number of nitro benzene ring substituents is 1. The first-order chi connectivity index (χ1) is 15.4. The van der Waals surface area contributed by atoms with E-state index in [1.54, 1.807) is 42.5 Å². The normalized spacial score (nSPS) is 10.8. The van der Waals surface area contributed by atoms with Gasteiger partial charge >= 0.3 is 0 Å². The number of rotatable bonds is 7. The van der Waals surface area contributed by atoms with Crippen LogP contribution in [0, 0.1) is 27.3 Å². The Morgan fingerprint density at radius 1 is 1.16 bits per heavy atom. The number of benzene rings is 3. The van der Waals surface area contributed by atoms with Crippen molar-refractivity contribution in [3.8, 4) is 11.8 Å². The maximum Gasteiger partial charge on any atom is 0.271 e. The fourth-order valence-corrected chi connectivity index (χ4v) is 2.80. The summed E-state index contributed by atoms with van der Waals surface area (Å²) in [7, 11) is 0. The van der Waals surface area contributed by atoms with Crippen molar-refractivity contribution in [3.05, 3.63) is 104 Å². The van der Waals surface area contributed by atoms with E-state index in [0.717, 1.165) is 11.6 Å². The second-order valence-electron chi connectivity index (χ2n) is 6.53. The van der Waals surface area contributed by atoms with Gasteiger partial charge < -0.3 is 10.1 Å². The summed E-state index contributed by atoms with van der Waals surface area (Å²) in [6.45, 7) is 0.255. The van der Waals surface area contributed by atoms with E-state index in [9.17, 15) is 24.6 Å². The van der Waals surface area contributed by atoms with Crippen LogP contribution in [0.4, 0.5) is 15.8 Å². The number of amides is 1. The highest BCUT2D eigenvalue weighted by molar-refractivity contribution is 6.34. The van der Waals surface area contributed by atoms with Gasteiger partial charge in [-0.1, -0.05) is 35.9 Å². The van der Waals surface area contributed by atoms with Crippen molar-refractivity contribution in [3.63, 3.8) is 0 Å². The van der Waals surface area contributed by atoms with E-state index in [1.165, 1.54) is 30.3 Å². The van der Waals surface area contributed by atoms with E-state index in [2.05, 4.69) is 5.32 Å². The van der Waals surface area contributed by atoms with Crippen LogP contribution in [0.1, 0.15) is 11.1 Å². The zero-order chi connectivity index (χ0) is 23.1. The summed E-state index contributed by atoms with van der Waals surface area (Å²) >= 11 is 5.98. The van der Waals surface area contributed by atoms with Gasteiger partial charge in [0, 0.05) is 12.1 Å². The zero-order valence-electron chi connectivity index (χ0n) is 16.4. The number of halogens is 2. The maximum absolute atomic E-state index is 12.9. The van der Waals surface area contributed by atoms with Crippen molar-refractivity contribution in [1.82, 2.24) is 0 Å². The molecule has 3 aromatic carbocycles. The average Bonchev–Trinajstić information content (AvgIpc) is 2.79. The van der Waals surface area contributed by atoms with Gasteiger partial charge in [0.2, 0.25) is 0 Å². The topological polar surface area (TPSA) is 105 Å². The van der Waals surface area contributed by atoms with Crippen LogP contribution in [0.15, 0.2) is 72.3 Å². The van der Waals surface area contributed by atoms with Crippen molar-refractivity contribution in [1.29, 1.82) is 5.26 Å². The molecule has 1 N–H and O–H groups in total. The smallest absolute Gasteiger partial charge is 0.271 e. The molecule has 0 aliphatic heterocycles. The van der Waals surface area contributed by atoms with Crippen molar-refractivity contribution in [2.75, 3.05) is 5.32 Å². The molecule has 0 bridgehead atoms. The molecular weight excluding hydrogens is 437 g/mol. The first-order valence-electron chi connectivity index (χ1n) is 9.20. The maximum atomic E-state index is 12.9. The van der Waals surface area contributed by atoms with Crippen molar-refractivity contribution in [2.24, 2.45) is 0 Å². The second kappa shape index (κ2) is 10.2. The fourth-order valence-electron chi connectivity index (χ4n) is 2.64. The Bertz CT molecular complexity index is 1220. The Balaban J connectivity index is 1.68. The van der Waals surface area contributed by atoms with Crippen molar-refractivity contribution < 1.29 is 18.8 Å². The molecule has 9 heteroatoms. The number of hydrogen-bond acceptors (Lipinski definition) is 5. The minimum atomic E-state index is -0.758. The highest BCUT2D eigenvalue weighted by atomic mass is 35.5. The molecule has 7 nitrogen and oxygen atoms in total. The number of nitro groups is 1. The van der Waals surface area contributed by atoms with E-state index in [-0.39, 0.29) is 34.4 Å². The van der Waals surface area contributed by atoms with Gasteiger partial charge in [-0.15, -0.1) is 0 Å². The lowest BCUT2D eigenvalue weighted by molar-refractivity contribution is -0.384. The molecule has 0 unspecified atom stereocenters. The average molecular weight is 452 g/mol. The van der Waals surface area contributed by atoms with Gasteiger partial charge in [-0.05, 0) is 47.5 Å². The molecule has 0 radical (unpaired) electrons. The van der Waals surface area contributed by atoms with Gasteiger partial charge in [0.15, 0.2) is 0 Å². The molecule has 0 heterocycles. The molecule has 0 saturated carbocycles. The quantitative estimate of drug-likeness (QED) is 0.220. The minimum Gasteiger partial charge on any atom is -0.489 e. The molecule has 0 aliphatic carbocycles. The standard InChI is InChI=1S/C23H15ClFN3O4/c24-21-10-7-19(28(30)31)12-22(21)27-23(29)17(13-26)11-15-3-8-20(9-4-15)32-14-16-1-5-18(25)6-2-16/h1-12H,14H2,(H,27,29). The fraction of sp³-hybridized carbons (Fsp3) is 0.0435. The second-order valence-corrected chi connectivity index (χ2v) is 6.94. The predicted octanol–water partition coefficient (Wildman–Crippen LogP) is 5.51. The van der Waals surface area contributed by atoms with E-state index >= 15 is 0 Å². The van der Waals surface area contributed by atoms with Crippen LogP contribution in [0.3, 0.4) is 0 Å². The van der Waals surface area contributed by atoms with Gasteiger partial charge in [-0.2, -0.15) is 5.26 Å². The van der Waals surface area contributed by atoms with E-state index < -0.39 is 10.8 Å². The molecule has 3 aromatic rings. The van der Waals surface area contributed by atoms with Crippen molar-refractivity contribution in [2.45, 2.75) is 6.61 Å². The molecule has 0 fully saturated rings. The van der Waals surface area contributed by atoms with Crippen LogP contribution < -0.4 is 10.1 Å². The number of nitrogens with one attached hydrogen (secondary N) is 1. The van der Waals surface area contributed by atoms with Gasteiger partial charge in [0.25, 0.3) is 11.6 Å². The Hall–Kier alpha value is -4.22. The summed E-state index contributed by atoms with van der Waals surface area (Å²) in [4.78, 5) is 22.7. The van der Waals surface area contributed by atoms with Gasteiger partial charge in [-0.25, -0.2) is 4.39 Å². The molecule has 0 saturated heterocycles. The number of non-ortho nitro benzene ring substituents is 1. The lowest BCUT2D eigenvalue weighted by Crippen LogP contribution is -2.14. The summed E-state index contributed by atoms with van der Waals surface area (Å²) in [6, 6.07) is 18.0. The van der Waals surface area contributed by atoms with Crippen LogP contribution >= 0.6 is 11.6 Å². The third-order valence-corrected chi connectivity index (χ3v) is 4.61. The van der Waals surface area contributed by atoms with E-state index in [4.69, 9.17) is 16.3 Å². The number of carbonyl (C=O) groups is 1. The first-order valence-corrected chi connectivity index (χ1v) is 9.58. The molecule has 0 atom stereocenters. The van der Waals surface area contributed by atoms with Crippen molar-refractivity contribution >= 4 is 35.0 Å². The Labute approximate surface area is 187 Å². The van der Waals surface area contributed by atoms with Gasteiger partial charge in [0.1, 0.15) is 29.8 Å². The Morgan fingerprint density at radius 2 is 1.84 bits per heavy atom. The molecule has 0 spiro atoms. The molecule has 3 rings (SSSR count). The molecule has 32 heavy (non-hydrogen) atoms. The Morgan fingerprint density at radius 3 is 2.47 bits per heavy atom. The summed E-state index contributed by atoms with van der Waals surface area (Å²) in [6.07, 6.45) is 1.37. The minimum absolute atomic E-state index is 0.0246. The third kappa shape index (κ3) is 5.90. The van der Waals surface area contributed by atoms with Crippen LogP contribution in [0.25, 0.3) is 6.08 Å². The number of nitrogens with zero attached hydrogens (tertiary/aromatic N) is 2. The third-order valence-electron chi connectivity index (χ3n) is 4.28. The molecular formula is C23H15ClFN3O4. The molecule has 0 aliphatic rings. The summed E-state index contributed by atoms with van der Waals surface area (Å²) < 4.78 is 18.6. The highest BCUT2D eigenvalue weighted by Crippen LogP contribution is 2.27. The molecule has 1 amide bonds. The number of anilines is 1. The van der Waals surface area contributed by atoms with E-state index in [0.29, 0.717) is 11.3 Å². The number of carbonyl (C=O) groups excluding carboxylic acids is 1. The number of ether oxygens (including phenoxy) is 1. The van der Waals surface area contributed by atoms with Gasteiger partial charge in [0.05, 0.1) is 15.6 Å². The SMILES string of the molecule is N#CC(=Cc1ccc(OCc2ccc(F)cc2)cc1)C(=O)Nc1cc([N+](=O)[O-])ccc1Cl. The monoisotopic (exact) mass is 451 g/mol. The lowest BCUT2D eigenvalue weighted by Gasteiger charge is -2.08. The van der Waals surface area contributed by atoms with E-state index in [1.807, 2.05) is 0 Å². The largest absolute Gasteiger partial charge is 0.489 e. The van der Waals surface area contributed by atoms with Crippen LogP contribution in [-0.2, 0) is 11.4 Å². The summed E-state index contributed by atoms with van der Waals surface area (Å²) in [5, 5.41) is 22.8. The van der Waals surface area contributed by atoms with Crippen LogP contribution in [-0.4, -0.2) is 10.8 Å². The summed E-state index contributed by atoms with van der Waals surface area (Å²) in [5.41, 5.74) is 0.933. The first kappa shape index (κ1) is 22.5. The molecule has 0 aromatic heterocycles. The van der Waals surface area contributed by atoms with Crippen LogP contribution in [0.5, 0.6) is 5.75 Å². The predicted molar refractivity (Wildman–Crippen MR) is 118 cm³/mol. The summed E-state index contributed by atoms with van der Waals surface area (Å²) in [5.74, 6) is -0.528. The highest BCUT2D eigenvalue weighted by Gasteiger charge is 2.15. The number of nitriles is 1. The number of hydrogen-bond donors (Lipinski definition) is 1.